The van der Waals surface area contributed by atoms with Crippen LogP contribution in [0.25, 0.3) is 0 Å². The van der Waals surface area contributed by atoms with Gasteiger partial charge in [0, 0.05) is 32.6 Å². The van der Waals surface area contributed by atoms with E-state index in [4.69, 9.17) is 4.74 Å². The Morgan fingerprint density at radius 3 is 2.57 bits per heavy atom. The van der Waals surface area contributed by atoms with Gasteiger partial charge in [-0.3, -0.25) is 4.79 Å². The van der Waals surface area contributed by atoms with Crippen molar-refractivity contribution in [2.75, 3.05) is 45.1 Å². The molecule has 2 unspecified atom stereocenters. The number of nitrogens with zero attached hydrogens (tertiary/aromatic N) is 2. The molecule has 0 aromatic heterocycles. The summed E-state index contributed by atoms with van der Waals surface area (Å²) in [5.41, 5.74) is 0. The maximum Gasteiger partial charge on any atom is 0.223 e. The van der Waals surface area contributed by atoms with Crippen LogP contribution in [0.4, 0.5) is 0 Å². The number of hydrogen-bond donors (Lipinski definition) is 1. The number of ether oxygens (including phenoxy) is 1. The second-order valence-electron chi connectivity index (χ2n) is 5.75. The van der Waals surface area contributed by atoms with E-state index in [1.807, 2.05) is 6.92 Å². The van der Waals surface area contributed by atoms with E-state index in [0.717, 1.165) is 0 Å². The molecule has 1 N–H and O–H groups in total. The van der Waals surface area contributed by atoms with Crippen LogP contribution in [0.15, 0.2) is 0 Å². The van der Waals surface area contributed by atoms with Crippen molar-refractivity contribution in [1.82, 2.24) is 9.21 Å². The molecule has 7 nitrogen and oxygen atoms in total. The molecule has 2 rings (SSSR count). The molecule has 2 saturated heterocycles. The number of piperidine rings is 1. The summed E-state index contributed by atoms with van der Waals surface area (Å²) < 4.78 is 30.8. The van der Waals surface area contributed by atoms with Crippen molar-refractivity contribution < 1.29 is 23.1 Å². The minimum Gasteiger partial charge on any atom is -0.393 e. The predicted molar refractivity (Wildman–Crippen MR) is 77.2 cm³/mol. The molecule has 0 radical (unpaired) electrons. The third-order valence-electron chi connectivity index (χ3n) is 4.15. The molecule has 2 atom stereocenters. The SMILES string of the molecule is CC1CN(C(=O)CCS(=O)(=O)N2CCOCC2)CCC1O. The monoisotopic (exact) mass is 320 g/mol. The average Bonchev–Trinajstić information content (AvgIpc) is 2.48. The molecular formula is C13H24N2O5S. The molecule has 2 heterocycles. The van der Waals surface area contributed by atoms with Crippen molar-refractivity contribution in [3.05, 3.63) is 0 Å². The first-order chi connectivity index (χ1) is 9.90. The molecule has 2 fully saturated rings. The summed E-state index contributed by atoms with van der Waals surface area (Å²) in [7, 11) is -3.38. The van der Waals surface area contributed by atoms with Gasteiger partial charge >= 0.3 is 0 Å². The van der Waals surface area contributed by atoms with Gasteiger partial charge in [-0.1, -0.05) is 6.92 Å². The number of aliphatic hydroxyl groups is 1. The number of rotatable bonds is 4. The van der Waals surface area contributed by atoms with Crippen molar-refractivity contribution in [2.45, 2.75) is 25.9 Å². The number of aliphatic hydroxyl groups excluding tert-OH is 1. The molecule has 0 aromatic rings. The van der Waals surface area contributed by atoms with Crippen LogP contribution < -0.4 is 0 Å². The smallest absolute Gasteiger partial charge is 0.223 e. The minimum absolute atomic E-state index is 0.00249. The number of morpholine rings is 1. The highest BCUT2D eigenvalue weighted by molar-refractivity contribution is 7.89. The van der Waals surface area contributed by atoms with Crippen molar-refractivity contribution in [2.24, 2.45) is 5.92 Å². The van der Waals surface area contributed by atoms with Crippen LogP contribution in [0.1, 0.15) is 19.8 Å². The second kappa shape index (κ2) is 7.04. The fraction of sp³-hybridized carbons (Fsp3) is 0.923. The zero-order valence-corrected chi connectivity index (χ0v) is 13.2. The Hall–Kier alpha value is -0.700. The van der Waals surface area contributed by atoms with Gasteiger partial charge in [-0.15, -0.1) is 0 Å². The van der Waals surface area contributed by atoms with Crippen molar-refractivity contribution in [3.63, 3.8) is 0 Å². The molecule has 2 aliphatic heterocycles. The normalized spacial score (nSPS) is 28.6. The van der Waals surface area contributed by atoms with Crippen molar-refractivity contribution >= 4 is 15.9 Å². The van der Waals surface area contributed by atoms with E-state index in [-0.39, 0.29) is 30.1 Å². The Morgan fingerprint density at radius 1 is 1.29 bits per heavy atom. The van der Waals surface area contributed by atoms with Gasteiger partial charge in [0.05, 0.1) is 25.1 Å². The van der Waals surface area contributed by atoms with Crippen LogP contribution in [-0.2, 0) is 19.6 Å². The van der Waals surface area contributed by atoms with Gasteiger partial charge in [0.2, 0.25) is 15.9 Å². The van der Waals surface area contributed by atoms with E-state index in [2.05, 4.69) is 0 Å². The topological polar surface area (TPSA) is 87.2 Å². The largest absolute Gasteiger partial charge is 0.393 e. The third kappa shape index (κ3) is 4.38. The van der Waals surface area contributed by atoms with E-state index in [9.17, 15) is 18.3 Å². The highest BCUT2D eigenvalue weighted by Gasteiger charge is 2.29. The number of carbonyl (C=O) groups is 1. The lowest BCUT2D eigenvalue weighted by molar-refractivity contribution is -0.134. The first kappa shape index (κ1) is 16.7. The maximum atomic E-state index is 12.1. The fourth-order valence-electron chi connectivity index (χ4n) is 2.69. The van der Waals surface area contributed by atoms with Crippen LogP contribution in [0, 0.1) is 5.92 Å². The third-order valence-corrected chi connectivity index (χ3v) is 6.02. The van der Waals surface area contributed by atoms with Gasteiger partial charge in [-0.05, 0) is 12.3 Å². The van der Waals surface area contributed by atoms with Gasteiger partial charge in [-0.25, -0.2) is 8.42 Å². The van der Waals surface area contributed by atoms with Gasteiger partial charge < -0.3 is 14.7 Å². The van der Waals surface area contributed by atoms with E-state index in [1.54, 1.807) is 4.90 Å². The molecule has 0 aliphatic carbocycles. The van der Waals surface area contributed by atoms with Crippen molar-refractivity contribution in [3.8, 4) is 0 Å². The van der Waals surface area contributed by atoms with Crippen LogP contribution in [0.3, 0.4) is 0 Å². The summed E-state index contributed by atoms with van der Waals surface area (Å²) in [6, 6.07) is 0. The molecule has 21 heavy (non-hydrogen) atoms. The second-order valence-corrected chi connectivity index (χ2v) is 7.84. The Morgan fingerprint density at radius 2 is 1.95 bits per heavy atom. The predicted octanol–water partition coefficient (Wildman–Crippen LogP) is -0.732. The first-order valence-corrected chi connectivity index (χ1v) is 9.02. The van der Waals surface area contributed by atoms with Crippen LogP contribution in [0.5, 0.6) is 0 Å². The summed E-state index contributed by atoms with van der Waals surface area (Å²) >= 11 is 0. The number of likely N-dealkylation sites (tertiary alicyclic amines) is 1. The standard InChI is InChI=1S/C13H24N2O5S/c1-11-10-14(4-2-12(11)16)13(17)3-9-21(18,19)15-5-7-20-8-6-15/h11-12,16H,2-10H2,1H3. The summed E-state index contributed by atoms with van der Waals surface area (Å²) in [4.78, 5) is 13.8. The van der Waals surface area contributed by atoms with Crippen molar-refractivity contribution in [1.29, 1.82) is 0 Å². The first-order valence-electron chi connectivity index (χ1n) is 7.41. The molecule has 0 saturated carbocycles. The molecule has 2 aliphatic rings. The Labute approximate surface area is 125 Å². The van der Waals surface area contributed by atoms with Crippen LogP contribution in [-0.4, -0.2) is 79.9 Å². The number of amides is 1. The quantitative estimate of drug-likeness (QED) is 0.738. The Kier molecular flexibility index (Phi) is 5.59. The minimum atomic E-state index is -3.38. The van der Waals surface area contributed by atoms with E-state index in [0.29, 0.717) is 45.8 Å². The highest BCUT2D eigenvalue weighted by Crippen LogP contribution is 2.17. The van der Waals surface area contributed by atoms with Gasteiger partial charge in [-0.2, -0.15) is 4.31 Å². The van der Waals surface area contributed by atoms with Gasteiger partial charge in [0.15, 0.2) is 0 Å². The molecule has 8 heteroatoms. The van der Waals surface area contributed by atoms with E-state index in [1.165, 1.54) is 4.31 Å². The number of carbonyl (C=O) groups excluding carboxylic acids is 1. The Bertz CT molecular complexity index is 461. The Balaban J connectivity index is 1.83. The molecule has 0 bridgehead atoms. The summed E-state index contributed by atoms with van der Waals surface area (Å²) in [5, 5.41) is 9.65. The zero-order chi connectivity index (χ0) is 15.5. The molecular weight excluding hydrogens is 296 g/mol. The molecule has 0 aromatic carbocycles. The highest BCUT2D eigenvalue weighted by atomic mass is 32.2. The molecule has 0 spiro atoms. The summed E-state index contributed by atoms with van der Waals surface area (Å²) in [5.74, 6) is -0.261. The van der Waals surface area contributed by atoms with E-state index < -0.39 is 10.0 Å². The lowest BCUT2D eigenvalue weighted by atomic mass is 9.96. The average molecular weight is 320 g/mol. The van der Waals surface area contributed by atoms with Crippen LogP contribution >= 0.6 is 0 Å². The zero-order valence-electron chi connectivity index (χ0n) is 12.4. The molecule has 122 valence electrons. The number of sulfonamides is 1. The number of hydrogen-bond acceptors (Lipinski definition) is 5. The van der Waals surface area contributed by atoms with Crippen LogP contribution in [0.2, 0.25) is 0 Å². The lowest BCUT2D eigenvalue weighted by Gasteiger charge is -2.34. The van der Waals surface area contributed by atoms with Gasteiger partial charge in [0.25, 0.3) is 0 Å². The summed E-state index contributed by atoms with van der Waals surface area (Å²) in [6.45, 7) is 4.45. The lowest BCUT2D eigenvalue weighted by Crippen LogP contribution is -2.46. The summed E-state index contributed by atoms with van der Waals surface area (Å²) in [6.07, 6.45) is 0.192. The maximum absolute atomic E-state index is 12.1. The molecule has 1 amide bonds. The fourth-order valence-corrected chi connectivity index (χ4v) is 4.08. The van der Waals surface area contributed by atoms with E-state index >= 15 is 0 Å². The van der Waals surface area contributed by atoms with Gasteiger partial charge in [0.1, 0.15) is 0 Å².